The Morgan fingerprint density at radius 1 is 1.13 bits per heavy atom. The number of hydrogen-bond donors (Lipinski definition) is 1. The summed E-state index contributed by atoms with van der Waals surface area (Å²) < 4.78 is 59.3. The highest BCUT2D eigenvalue weighted by molar-refractivity contribution is 6.33. The molecule has 0 aliphatic carbocycles. The van der Waals surface area contributed by atoms with E-state index in [2.05, 4.69) is 4.98 Å². The van der Waals surface area contributed by atoms with E-state index in [0.29, 0.717) is 22.8 Å². The summed E-state index contributed by atoms with van der Waals surface area (Å²) in [6.07, 6.45) is -3.38. The number of hydrogen-bond acceptors (Lipinski definition) is 3. The van der Waals surface area contributed by atoms with Gasteiger partial charge in [0.05, 0.1) is 12.2 Å². The van der Waals surface area contributed by atoms with E-state index in [1.165, 1.54) is 18.3 Å². The van der Waals surface area contributed by atoms with Gasteiger partial charge in [-0.3, -0.25) is 0 Å². The van der Waals surface area contributed by atoms with Gasteiger partial charge in [-0.05, 0) is 23.8 Å². The van der Waals surface area contributed by atoms with Crippen LogP contribution in [0.3, 0.4) is 0 Å². The van der Waals surface area contributed by atoms with Crippen molar-refractivity contribution in [3.63, 3.8) is 0 Å². The highest BCUT2D eigenvalue weighted by Gasteiger charge is 2.45. The quantitative estimate of drug-likeness (QED) is 0.417. The summed E-state index contributed by atoms with van der Waals surface area (Å²) in [5, 5.41) is 9.56. The molecule has 1 atom stereocenters. The SMILES string of the molecule is OCc1cnc([N+]2(c3ccc(C(F)(F)F)c(F)c3)CCOc3ccccc32)c(Cl)c1. The first kappa shape index (κ1) is 20.6. The number of aliphatic hydroxyl groups excluding tert-OH is 1. The summed E-state index contributed by atoms with van der Waals surface area (Å²) in [5.74, 6) is -0.596. The second-order valence-corrected chi connectivity index (χ2v) is 7.23. The number of ether oxygens (including phenoxy) is 1. The fourth-order valence-corrected chi connectivity index (χ4v) is 4.06. The van der Waals surface area contributed by atoms with E-state index in [1.807, 2.05) is 0 Å². The first-order chi connectivity index (χ1) is 14.3. The van der Waals surface area contributed by atoms with Crippen molar-refractivity contribution in [2.45, 2.75) is 12.8 Å². The Hall–Kier alpha value is -2.68. The molecule has 3 aromatic rings. The maximum atomic E-state index is 14.5. The lowest BCUT2D eigenvalue weighted by atomic mass is 10.1. The predicted octanol–water partition coefficient (Wildman–Crippen LogP) is 5.75. The van der Waals surface area contributed by atoms with Gasteiger partial charge in [0.15, 0.2) is 11.4 Å². The molecule has 2 heterocycles. The summed E-state index contributed by atoms with van der Waals surface area (Å²) in [4.78, 5) is 4.40. The second kappa shape index (κ2) is 7.54. The zero-order valence-corrected chi connectivity index (χ0v) is 16.2. The molecule has 2 aromatic carbocycles. The maximum absolute atomic E-state index is 14.5. The lowest BCUT2D eigenvalue weighted by molar-refractivity contribution is -0.140. The number of fused-ring (bicyclic) bond motifs is 1. The van der Waals surface area contributed by atoms with E-state index in [-0.39, 0.29) is 35.0 Å². The van der Waals surface area contributed by atoms with E-state index in [9.17, 15) is 22.7 Å². The van der Waals surface area contributed by atoms with Gasteiger partial charge in [-0.15, -0.1) is 0 Å². The number of nitrogens with zero attached hydrogens (tertiary/aromatic N) is 2. The van der Waals surface area contributed by atoms with Crippen molar-refractivity contribution in [1.82, 2.24) is 9.47 Å². The molecule has 1 unspecified atom stereocenters. The predicted molar refractivity (Wildman–Crippen MR) is 104 cm³/mol. The second-order valence-electron chi connectivity index (χ2n) is 6.82. The molecule has 1 aliphatic rings. The van der Waals surface area contributed by atoms with Crippen LogP contribution in [-0.2, 0) is 12.8 Å². The van der Waals surface area contributed by atoms with Crippen molar-refractivity contribution < 1.29 is 27.4 Å². The van der Waals surface area contributed by atoms with Crippen LogP contribution in [0.4, 0.5) is 34.8 Å². The number of aliphatic hydroxyl groups is 1. The van der Waals surface area contributed by atoms with Crippen LogP contribution >= 0.6 is 11.6 Å². The Morgan fingerprint density at radius 3 is 2.57 bits per heavy atom. The monoisotopic (exact) mass is 439 g/mol. The molecular weight excluding hydrogens is 424 g/mol. The van der Waals surface area contributed by atoms with Gasteiger partial charge < -0.3 is 9.84 Å². The van der Waals surface area contributed by atoms with E-state index < -0.39 is 17.6 Å². The topological polar surface area (TPSA) is 42.4 Å². The molecule has 1 N–H and O–H groups in total. The molecule has 0 radical (unpaired) electrons. The minimum Gasteiger partial charge on any atom is -0.481 e. The fourth-order valence-electron chi connectivity index (χ4n) is 3.73. The van der Waals surface area contributed by atoms with Gasteiger partial charge in [0, 0.05) is 24.4 Å². The van der Waals surface area contributed by atoms with Crippen molar-refractivity contribution in [2.75, 3.05) is 13.2 Å². The van der Waals surface area contributed by atoms with Gasteiger partial charge in [-0.2, -0.15) is 13.2 Å². The molecule has 0 amide bonds. The van der Waals surface area contributed by atoms with Gasteiger partial charge in [-0.25, -0.2) is 13.9 Å². The minimum atomic E-state index is -4.81. The highest BCUT2D eigenvalue weighted by Crippen LogP contribution is 2.51. The normalized spacial score (nSPS) is 18.6. The molecule has 0 saturated carbocycles. The van der Waals surface area contributed by atoms with Crippen molar-refractivity contribution in [1.29, 1.82) is 0 Å². The molecule has 0 fully saturated rings. The zero-order valence-electron chi connectivity index (χ0n) is 15.5. The number of pyridine rings is 1. The standard InChI is InChI=1S/C21H16ClF4N2O2/c22-16-9-13(12-29)11-27-20(16)28(7-8-30-19-4-2-1-3-18(19)28)14-5-6-15(17(23)10-14)21(24,25)26/h1-6,9-11,29H,7-8,12H2/q+1. The molecule has 4 nitrogen and oxygen atoms in total. The van der Waals surface area contributed by atoms with Crippen LogP contribution in [0, 0.1) is 5.82 Å². The van der Waals surface area contributed by atoms with Crippen LogP contribution in [-0.4, -0.2) is 23.2 Å². The summed E-state index contributed by atoms with van der Waals surface area (Å²) in [7, 11) is 0. The third kappa shape index (κ3) is 3.30. The van der Waals surface area contributed by atoms with E-state index in [1.54, 1.807) is 24.3 Å². The molecule has 1 aromatic heterocycles. The smallest absolute Gasteiger partial charge is 0.419 e. The fraction of sp³-hybridized carbons (Fsp3) is 0.190. The Labute approximate surface area is 174 Å². The summed E-state index contributed by atoms with van der Waals surface area (Å²) in [6.45, 7) is 0.161. The van der Waals surface area contributed by atoms with Gasteiger partial charge in [0.1, 0.15) is 29.7 Å². The van der Waals surface area contributed by atoms with E-state index in [0.717, 1.165) is 12.1 Å². The zero-order chi connectivity index (χ0) is 21.5. The third-order valence-corrected chi connectivity index (χ3v) is 5.36. The number of halogens is 5. The molecule has 0 spiro atoms. The number of para-hydroxylation sites is 2. The van der Waals surface area contributed by atoms with Gasteiger partial charge in [0.2, 0.25) is 0 Å². The lowest BCUT2D eigenvalue weighted by Gasteiger charge is -2.40. The van der Waals surface area contributed by atoms with Gasteiger partial charge in [-0.1, -0.05) is 23.7 Å². The van der Waals surface area contributed by atoms with E-state index in [4.69, 9.17) is 16.3 Å². The molecule has 0 saturated heterocycles. The number of quaternary nitrogens is 1. The Bertz CT molecular complexity index is 1110. The molecule has 30 heavy (non-hydrogen) atoms. The van der Waals surface area contributed by atoms with Gasteiger partial charge >= 0.3 is 6.18 Å². The number of rotatable bonds is 3. The van der Waals surface area contributed by atoms with E-state index >= 15 is 0 Å². The average Bonchev–Trinajstić information content (AvgIpc) is 2.72. The number of benzene rings is 2. The van der Waals surface area contributed by atoms with Crippen molar-refractivity contribution >= 4 is 28.8 Å². The molecule has 9 heteroatoms. The van der Waals surface area contributed by atoms with Crippen molar-refractivity contribution in [3.05, 3.63) is 76.7 Å². The number of alkyl halides is 3. The van der Waals surface area contributed by atoms with Gasteiger partial charge in [0.25, 0.3) is 5.82 Å². The molecular formula is C21H16ClF4N2O2+. The summed E-state index contributed by atoms with van der Waals surface area (Å²) in [6, 6.07) is 11.3. The van der Waals surface area contributed by atoms with Crippen LogP contribution in [0.5, 0.6) is 5.75 Å². The van der Waals surface area contributed by atoms with Crippen LogP contribution in [0.15, 0.2) is 54.7 Å². The Kier molecular flexibility index (Phi) is 5.17. The van der Waals surface area contributed by atoms with Crippen LogP contribution in [0.1, 0.15) is 11.1 Å². The van der Waals surface area contributed by atoms with Crippen molar-refractivity contribution in [3.8, 4) is 5.75 Å². The maximum Gasteiger partial charge on any atom is 0.419 e. The Morgan fingerprint density at radius 2 is 1.90 bits per heavy atom. The number of aromatic nitrogens is 1. The van der Waals surface area contributed by atoms with Crippen molar-refractivity contribution in [2.24, 2.45) is 0 Å². The van der Waals surface area contributed by atoms with Crippen LogP contribution in [0.2, 0.25) is 5.02 Å². The minimum absolute atomic E-state index is 0.193. The summed E-state index contributed by atoms with van der Waals surface area (Å²) in [5.41, 5.74) is -0.0841. The first-order valence-corrected chi connectivity index (χ1v) is 9.39. The molecule has 156 valence electrons. The molecule has 0 bridgehead atoms. The summed E-state index contributed by atoms with van der Waals surface area (Å²) >= 11 is 6.49. The third-order valence-electron chi connectivity index (χ3n) is 5.08. The Balaban J connectivity index is 2.01. The molecule has 4 rings (SSSR count). The highest BCUT2D eigenvalue weighted by atomic mass is 35.5. The van der Waals surface area contributed by atoms with Crippen LogP contribution < -0.4 is 9.22 Å². The average molecular weight is 440 g/mol. The first-order valence-electron chi connectivity index (χ1n) is 9.01. The van der Waals surface area contributed by atoms with Crippen LogP contribution in [0.25, 0.3) is 0 Å². The lowest BCUT2D eigenvalue weighted by Crippen LogP contribution is -2.46. The molecule has 1 aliphatic heterocycles. The largest absolute Gasteiger partial charge is 0.481 e.